The first kappa shape index (κ1) is 24.4. The van der Waals surface area contributed by atoms with Gasteiger partial charge in [0, 0.05) is 52.4 Å². The Hall–Kier alpha value is -0.860. The third kappa shape index (κ3) is 7.40. The highest BCUT2D eigenvalue weighted by Gasteiger charge is 2.23. The number of halogens is 1. The highest BCUT2D eigenvalue weighted by molar-refractivity contribution is 14.0. The van der Waals surface area contributed by atoms with E-state index in [2.05, 4.69) is 41.4 Å². The number of piperidine rings is 1. The lowest BCUT2D eigenvalue weighted by Gasteiger charge is -2.34. The van der Waals surface area contributed by atoms with Crippen LogP contribution < -0.4 is 5.32 Å². The first-order valence-corrected chi connectivity index (χ1v) is 11.0. The van der Waals surface area contributed by atoms with Gasteiger partial charge in [-0.15, -0.1) is 24.0 Å². The van der Waals surface area contributed by atoms with Gasteiger partial charge in [0.05, 0.1) is 6.10 Å². The summed E-state index contributed by atoms with van der Waals surface area (Å²) in [5, 5.41) is 3.51. The van der Waals surface area contributed by atoms with Crippen molar-refractivity contribution in [2.24, 2.45) is 4.99 Å². The van der Waals surface area contributed by atoms with E-state index < -0.39 is 0 Å². The van der Waals surface area contributed by atoms with Crippen LogP contribution in [0.2, 0.25) is 0 Å². The fourth-order valence-electron chi connectivity index (χ4n) is 4.35. The van der Waals surface area contributed by atoms with Crippen LogP contribution in [0.15, 0.2) is 29.3 Å². The number of fused-ring (bicyclic) bond motifs is 1. The Balaban J connectivity index is 0.00000300. The van der Waals surface area contributed by atoms with E-state index in [0.29, 0.717) is 12.0 Å². The second-order valence-corrected chi connectivity index (χ2v) is 7.89. The molecule has 6 heteroatoms. The maximum absolute atomic E-state index is 6.00. The second-order valence-electron chi connectivity index (χ2n) is 7.89. The topological polar surface area (TPSA) is 46.1 Å². The Morgan fingerprint density at radius 2 is 1.97 bits per heavy atom. The molecule has 0 amide bonds. The monoisotopic (exact) mass is 515 g/mol. The van der Waals surface area contributed by atoms with Crippen molar-refractivity contribution in [1.29, 1.82) is 0 Å². The standard InChI is InChI=1S/C23H37N3O2.HI/c1-3-24-23(26-14-12-21(13-15-26)28-17-7-16-27-2)25-18-20-10-6-9-19-8-4-5-11-22(19)20;/h4-5,8,11,20-21H,3,6-7,9-10,12-18H2,1-2H3,(H,24,25);1H. The number of hydrogen-bond acceptors (Lipinski definition) is 3. The van der Waals surface area contributed by atoms with Crippen molar-refractivity contribution in [2.75, 3.05) is 46.5 Å². The lowest BCUT2D eigenvalue weighted by molar-refractivity contribution is 0.00990. The van der Waals surface area contributed by atoms with Crippen molar-refractivity contribution in [3.05, 3.63) is 35.4 Å². The van der Waals surface area contributed by atoms with Gasteiger partial charge < -0.3 is 19.7 Å². The van der Waals surface area contributed by atoms with Crippen molar-refractivity contribution >= 4 is 29.9 Å². The number of methoxy groups -OCH3 is 1. The Morgan fingerprint density at radius 1 is 1.17 bits per heavy atom. The van der Waals surface area contributed by atoms with Crippen molar-refractivity contribution in [1.82, 2.24) is 10.2 Å². The average Bonchev–Trinajstić information content (AvgIpc) is 2.75. The molecule has 5 nitrogen and oxygen atoms in total. The van der Waals surface area contributed by atoms with Crippen LogP contribution in [-0.4, -0.2) is 63.5 Å². The van der Waals surface area contributed by atoms with Crippen LogP contribution in [-0.2, 0) is 15.9 Å². The minimum atomic E-state index is 0. The van der Waals surface area contributed by atoms with Crippen LogP contribution in [0.5, 0.6) is 0 Å². The van der Waals surface area contributed by atoms with Crippen molar-refractivity contribution < 1.29 is 9.47 Å². The molecule has 1 fully saturated rings. The molecule has 1 heterocycles. The molecule has 1 saturated heterocycles. The minimum absolute atomic E-state index is 0. The summed E-state index contributed by atoms with van der Waals surface area (Å²) in [6.07, 6.45) is 7.24. The van der Waals surface area contributed by atoms with Crippen molar-refractivity contribution in [3.63, 3.8) is 0 Å². The number of rotatable bonds is 8. The summed E-state index contributed by atoms with van der Waals surface area (Å²) in [4.78, 5) is 7.46. The number of nitrogens with zero attached hydrogens (tertiary/aromatic N) is 2. The average molecular weight is 515 g/mol. The molecule has 1 aliphatic carbocycles. The normalized spacial score (nSPS) is 20.1. The van der Waals surface area contributed by atoms with E-state index >= 15 is 0 Å². The van der Waals surface area contributed by atoms with Crippen LogP contribution in [0, 0.1) is 0 Å². The van der Waals surface area contributed by atoms with E-state index in [9.17, 15) is 0 Å². The molecule has 0 bridgehead atoms. The van der Waals surface area contributed by atoms with E-state index in [1.807, 2.05) is 0 Å². The summed E-state index contributed by atoms with van der Waals surface area (Å²) in [5.74, 6) is 1.63. The number of benzene rings is 1. The van der Waals surface area contributed by atoms with E-state index in [1.54, 1.807) is 7.11 Å². The molecular weight excluding hydrogens is 477 g/mol. The summed E-state index contributed by atoms with van der Waals surface area (Å²) in [6.45, 7) is 7.55. The number of guanidine groups is 1. The second kappa shape index (κ2) is 13.4. The molecule has 164 valence electrons. The summed E-state index contributed by atoms with van der Waals surface area (Å²) in [7, 11) is 1.74. The summed E-state index contributed by atoms with van der Waals surface area (Å²) in [5.41, 5.74) is 3.03. The zero-order valence-electron chi connectivity index (χ0n) is 18.1. The molecule has 1 aliphatic heterocycles. The molecule has 1 unspecified atom stereocenters. The number of nitrogens with one attached hydrogen (secondary N) is 1. The van der Waals surface area contributed by atoms with Crippen LogP contribution in [0.1, 0.15) is 56.1 Å². The molecule has 1 N–H and O–H groups in total. The van der Waals surface area contributed by atoms with Crippen LogP contribution in [0.3, 0.4) is 0 Å². The first-order chi connectivity index (χ1) is 13.8. The van der Waals surface area contributed by atoms with E-state index in [4.69, 9.17) is 14.5 Å². The van der Waals surface area contributed by atoms with Gasteiger partial charge in [-0.1, -0.05) is 24.3 Å². The summed E-state index contributed by atoms with van der Waals surface area (Å²) >= 11 is 0. The van der Waals surface area contributed by atoms with Gasteiger partial charge in [0.25, 0.3) is 0 Å². The zero-order valence-corrected chi connectivity index (χ0v) is 20.4. The van der Waals surface area contributed by atoms with Gasteiger partial charge in [-0.2, -0.15) is 0 Å². The first-order valence-electron chi connectivity index (χ1n) is 11.0. The largest absolute Gasteiger partial charge is 0.385 e. The Morgan fingerprint density at radius 3 is 2.72 bits per heavy atom. The maximum Gasteiger partial charge on any atom is 0.193 e. The van der Waals surface area contributed by atoms with Crippen LogP contribution >= 0.6 is 24.0 Å². The molecule has 3 rings (SSSR count). The van der Waals surface area contributed by atoms with Gasteiger partial charge in [0.2, 0.25) is 0 Å². The fourth-order valence-corrected chi connectivity index (χ4v) is 4.35. The molecule has 1 atom stereocenters. The lowest BCUT2D eigenvalue weighted by Crippen LogP contribution is -2.47. The zero-order chi connectivity index (χ0) is 19.6. The summed E-state index contributed by atoms with van der Waals surface area (Å²) in [6, 6.07) is 8.92. The number of hydrogen-bond donors (Lipinski definition) is 1. The molecule has 0 aromatic heterocycles. The maximum atomic E-state index is 6.00. The van der Waals surface area contributed by atoms with Gasteiger partial charge >= 0.3 is 0 Å². The molecule has 0 saturated carbocycles. The number of likely N-dealkylation sites (tertiary alicyclic amines) is 1. The molecule has 1 aromatic rings. The summed E-state index contributed by atoms with van der Waals surface area (Å²) < 4.78 is 11.1. The highest BCUT2D eigenvalue weighted by atomic mass is 127. The van der Waals surface area contributed by atoms with E-state index in [0.717, 1.165) is 64.6 Å². The lowest BCUT2D eigenvalue weighted by atomic mass is 9.83. The van der Waals surface area contributed by atoms with Gasteiger partial charge in [0.1, 0.15) is 0 Å². The van der Waals surface area contributed by atoms with Gasteiger partial charge in [-0.25, -0.2) is 0 Å². The SMILES string of the molecule is CCNC(=NCC1CCCc2ccccc21)N1CCC(OCCCOC)CC1.I. The predicted molar refractivity (Wildman–Crippen MR) is 131 cm³/mol. The van der Waals surface area contributed by atoms with Gasteiger partial charge in [-0.3, -0.25) is 4.99 Å². The quantitative estimate of drug-likeness (QED) is 0.244. The number of ether oxygens (including phenoxy) is 2. The number of aliphatic imine (C=N–C) groups is 1. The van der Waals surface area contributed by atoms with Gasteiger partial charge in [0.15, 0.2) is 5.96 Å². The van der Waals surface area contributed by atoms with E-state index in [1.165, 1.54) is 30.4 Å². The van der Waals surface area contributed by atoms with Crippen molar-refractivity contribution in [3.8, 4) is 0 Å². The third-order valence-corrected chi connectivity index (χ3v) is 5.88. The molecule has 0 radical (unpaired) electrons. The molecule has 2 aliphatic rings. The Kier molecular flexibility index (Phi) is 11.3. The third-order valence-electron chi connectivity index (χ3n) is 5.88. The minimum Gasteiger partial charge on any atom is -0.385 e. The smallest absolute Gasteiger partial charge is 0.193 e. The van der Waals surface area contributed by atoms with Crippen LogP contribution in [0.25, 0.3) is 0 Å². The molecule has 1 aromatic carbocycles. The molecule has 0 spiro atoms. The van der Waals surface area contributed by atoms with E-state index in [-0.39, 0.29) is 24.0 Å². The van der Waals surface area contributed by atoms with Crippen molar-refractivity contribution in [2.45, 2.75) is 57.5 Å². The molecular formula is C23H38IN3O2. The highest BCUT2D eigenvalue weighted by Crippen LogP contribution is 2.31. The Labute approximate surface area is 193 Å². The molecule has 29 heavy (non-hydrogen) atoms. The number of aryl methyl sites for hydroxylation is 1. The Bertz CT molecular complexity index is 618. The van der Waals surface area contributed by atoms with Crippen LogP contribution in [0.4, 0.5) is 0 Å². The predicted octanol–water partition coefficient (Wildman–Crippen LogP) is 4.21. The van der Waals surface area contributed by atoms with Gasteiger partial charge in [-0.05, 0) is 56.6 Å². The fraction of sp³-hybridized carbons (Fsp3) is 0.696.